The summed E-state index contributed by atoms with van der Waals surface area (Å²) in [7, 11) is 0. The third kappa shape index (κ3) is 2.75. The van der Waals surface area contributed by atoms with Gasteiger partial charge in [-0.3, -0.25) is 14.4 Å². The zero-order valence-electron chi connectivity index (χ0n) is 17.0. The molecule has 0 bridgehead atoms. The van der Waals surface area contributed by atoms with Crippen molar-refractivity contribution >= 4 is 41.0 Å². The number of anilines is 1. The summed E-state index contributed by atoms with van der Waals surface area (Å²) in [6.45, 7) is 0. The molecule has 33 heavy (non-hydrogen) atoms. The van der Waals surface area contributed by atoms with Gasteiger partial charge < -0.3 is 9.32 Å². The number of hydrogen-bond acceptors (Lipinski definition) is 5. The van der Waals surface area contributed by atoms with Gasteiger partial charge >= 0.3 is 0 Å². The van der Waals surface area contributed by atoms with Crippen LogP contribution >= 0.6 is 11.6 Å². The van der Waals surface area contributed by atoms with Gasteiger partial charge in [0.15, 0.2) is 5.76 Å². The molecular formula is C25H16ClFN2O4. The fourth-order valence-electron chi connectivity index (χ4n) is 5.30. The molecule has 0 N–H and O–H groups in total. The van der Waals surface area contributed by atoms with Crippen molar-refractivity contribution < 1.29 is 23.2 Å². The number of fused-ring (bicyclic) bond motifs is 5. The zero-order chi connectivity index (χ0) is 22.9. The second-order valence-electron chi connectivity index (χ2n) is 8.28. The van der Waals surface area contributed by atoms with E-state index in [2.05, 4.69) is 0 Å². The number of imide groups is 1. The standard InChI is InChI=1S/C25H16ClFN2O4/c26-16-12-14(7-8-17(16)27)29-24(31)19-20(25(29)32)22(23(30)18-6-3-11-33-18)28-10-9-13-4-1-2-5-15(13)21(19)28/h1-12,19-22H. The van der Waals surface area contributed by atoms with E-state index in [1.165, 1.54) is 18.4 Å². The zero-order valence-corrected chi connectivity index (χ0v) is 17.8. The van der Waals surface area contributed by atoms with Gasteiger partial charge in [-0.25, -0.2) is 9.29 Å². The molecule has 2 fully saturated rings. The second-order valence-corrected chi connectivity index (χ2v) is 8.69. The summed E-state index contributed by atoms with van der Waals surface area (Å²) >= 11 is 5.92. The lowest BCUT2D eigenvalue weighted by molar-refractivity contribution is -0.123. The highest BCUT2D eigenvalue weighted by molar-refractivity contribution is 6.31. The van der Waals surface area contributed by atoms with Crippen LogP contribution in [0.5, 0.6) is 0 Å². The molecule has 4 unspecified atom stereocenters. The first kappa shape index (κ1) is 19.9. The molecule has 0 saturated carbocycles. The summed E-state index contributed by atoms with van der Waals surface area (Å²) in [6.07, 6.45) is 5.05. The van der Waals surface area contributed by atoms with E-state index in [0.717, 1.165) is 22.1 Å². The van der Waals surface area contributed by atoms with Crippen molar-refractivity contribution in [3.8, 4) is 0 Å². The van der Waals surface area contributed by atoms with Crippen LogP contribution in [0.2, 0.25) is 5.02 Å². The largest absolute Gasteiger partial charge is 0.461 e. The molecule has 2 aromatic carbocycles. The molecule has 6 nitrogen and oxygen atoms in total. The first-order valence-corrected chi connectivity index (χ1v) is 10.8. The number of carbonyl (C=O) groups is 3. The SMILES string of the molecule is O=C(c1ccco1)C1C2C(=O)N(c3ccc(F)c(Cl)c3)C(=O)C2C2c3ccccc3C=CN12. The molecule has 0 spiro atoms. The Morgan fingerprint density at radius 2 is 1.79 bits per heavy atom. The summed E-state index contributed by atoms with van der Waals surface area (Å²) in [4.78, 5) is 43.7. The Hall–Kier alpha value is -3.71. The van der Waals surface area contributed by atoms with Gasteiger partial charge in [-0.15, -0.1) is 0 Å². The monoisotopic (exact) mass is 462 g/mol. The highest BCUT2D eigenvalue weighted by atomic mass is 35.5. The van der Waals surface area contributed by atoms with Crippen LogP contribution in [0.3, 0.4) is 0 Å². The molecule has 4 atom stereocenters. The molecule has 8 heteroatoms. The summed E-state index contributed by atoms with van der Waals surface area (Å²) in [5.74, 6) is -3.59. The van der Waals surface area contributed by atoms with Crippen LogP contribution in [0.1, 0.15) is 27.7 Å². The minimum Gasteiger partial charge on any atom is -0.461 e. The second kappa shape index (κ2) is 7.15. The number of nitrogens with zero attached hydrogens (tertiary/aromatic N) is 2. The number of benzene rings is 2. The smallest absolute Gasteiger partial charge is 0.240 e. The Kier molecular flexibility index (Phi) is 4.32. The maximum atomic E-state index is 13.7. The molecule has 0 aliphatic carbocycles. The third-order valence-corrected chi connectivity index (χ3v) is 6.95. The third-order valence-electron chi connectivity index (χ3n) is 6.66. The molecule has 6 rings (SSSR count). The average Bonchev–Trinajstić information content (AvgIpc) is 3.52. The predicted octanol–water partition coefficient (Wildman–Crippen LogP) is 4.47. The maximum Gasteiger partial charge on any atom is 0.240 e. The molecule has 164 valence electrons. The number of rotatable bonds is 3. The quantitative estimate of drug-likeness (QED) is 0.424. The first-order valence-electron chi connectivity index (χ1n) is 10.4. The number of carbonyl (C=O) groups excluding carboxylic acids is 3. The van der Waals surface area contributed by atoms with Crippen molar-refractivity contribution in [1.29, 1.82) is 0 Å². The lowest BCUT2D eigenvalue weighted by atomic mass is 9.84. The van der Waals surface area contributed by atoms with Crippen molar-refractivity contribution in [3.63, 3.8) is 0 Å². The van der Waals surface area contributed by atoms with Crippen LogP contribution in [0.25, 0.3) is 6.08 Å². The Morgan fingerprint density at radius 3 is 2.55 bits per heavy atom. The number of halogens is 2. The van der Waals surface area contributed by atoms with Gasteiger partial charge in [0.05, 0.1) is 34.9 Å². The van der Waals surface area contributed by atoms with E-state index in [0.29, 0.717) is 0 Å². The van der Waals surface area contributed by atoms with Crippen LogP contribution in [-0.4, -0.2) is 28.5 Å². The molecule has 0 radical (unpaired) electrons. The Bertz CT molecular complexity index is 1350. The number of amides is 2. The van der Waals surface area contributed by atoms with E-state index in [4.69, 9.17) is 16.0 Å². The fraction of sp³-hybridized carbons (Fsp3) is 0.160. The van der Waals surface area contributed by atoms with Crippen LogP contribution in [0, 0.1) is 17.7 Å². The predicted molar refractivity (Wildman–Crippen MR) is 118 cm³/mol. The van der Waals surface area contributed by atoms with Crippen LogP contribution < -0.4 is 4.90 Å². The van der Waals surface area contributed by atoms with Crippen molar-refractivity contribution in [2.45, 2.75) is 12.1 Å². The summed E-state index contributed by atoms with van der Waals surface area (Å²) in [6, 6.07) is 13.0. The molecular weight excluding hydrogens is 447 g/mol. The van der Waals surface area contributed by atoms with Crippen molar-refractivity contribution in [2.75, 3.05) is 4.90 Å². The minimum absolute atomic E-state index is 0.121. The van der Waals surface area contributed by atoms with Crippen molar-refractivity contribution in [2.24, 2.45) is 11.8 Å². The van der Waals surface area contributed by atoms with Crippen molar-refractivity contribution in [1.82, 2.24) is 4.90 Å². The summed E-state index contributed by atoms with van der Waals surface area (Å²) < 4.78 is 19.1. The van der Waals surface area contributed by atoms with Gasteiger partial charge in [-0.05, 0) is 47.5 Å². The molecule has 2 saturated heterocycles. The Labute approximate surface area is 192 Å². The van der Waals surface area contributed by atoms with E-state index < -0.39 is 41.6 Å². The van der Waals surface area contributed by atoms with Gasteiger partial charge in [0, 0.05) is 6.20 Å². The van der Waals surface area contributed by atoms with Gasteiger partial charge in [0.2, 0.25) is 17.6 Å². The van der Waals surface area contributed by atoms with Gasteiger partial charge in [0.1, 0.15) is 11.9 Å². The molecule has 3 aromatic rings. The van der Waals surface area contributed by atoms with E-state index in [9.17, 15) is 18.8 Å². The van der Waals surface area contributed by atoms with E-state index in [-0.39, 0.29) is 22.3 Å². The molecule has 3 aliphatic rings. The number of Topliss-reactive ketones (excluding diaryl/α,β-unsaturated/α-hetero) is 1. The van der Waals surface area contributed by atoms with Crippen LogP contribution in [0.15, 0.2) is 71.5 Å². The van der Waals surface area contributed by atoms with Gasteiger partial charge in [0.25, 0.3) is 0 Å². The lowest BCUT2D eigenvalue weighted by Crippen LogP contribution is -2.44. The summed E-state index contributed by atoms with van der Waals surface area (Å²) in [5.41, 5.74) is 1.97. The van der Waals surface area contributed by atoms with Crippen LogP contribution in [0.4, 0.5) is 10.1 Å². The van der Waals surface area contributed by atoms with Gasteiger partial charge in [-0.1, -0.05) is 35.9 Å². The number of ketones is 1. The van der Waals surface area contributed by atoms with Crippen LogP contribution in [-0.2, 0) is 9.59 Å². The number of hydrogen-bond donors (Lipinski definition) is 0. The Morgan fingerprint density at radius 1 is 1.00 bits per heavy atom. The topological polar surface area (TPSA) is 70.8 Å². The molecule has 4 heterocycles. The minimum atomic E-state index is -0.931. The summed E-state index contributed by atoms with van der Waals surface area (Å²) in [5, 5.41) is -0.194. The lowest BCUT2D eigenvalue weighted by Gasteiger charge is -2.35. The normalized spacial score (nSPS) is 25.3. The highest BCUT2D eigenvalue weighted by Crippen LogP contribution is 2.53. The van der Waals surface area contributed by atoms with E-state index >= 15 is 0 Å². The van der Waals surface area contributed by atoms with E-state index in [1.54, 1.807) is 23.2 Å². The molecule has 1 aromatic heterocycles. The maximum absolute atomic E-state index is 13.7. The van der Waals surface area contributed by atoms with E-state index in [1.807, 2.05) is 30.3 Å². The average molecular weight is 463 g/mol. The highest BCUT2D eigenvalue weighted by Gasteiger charge is 2.64. The fourth-order valence-corrected chi connectivity index (χ4v) is 5.48. The molecule has 3 aliphatic heterocycles. The Balaban J connectivity index is 1.51. The first-order chi connectivity index (χ1) is 16.0. The van der Waals surface area contributed by atoms with Crippen molar-refractivity contribution in [3.05, 3.63) is 94.8 Å². The number of furan rings is 1. The van der Waals surface area contributed by atoms with Gasteiger partial charge in [-0.2, -0.15) is 0 Å². The molecule has 2 amide bonds.